The number of rotatable bonds is 12. The zero-order chi connectivity index (χ0) is 42.5. The van der Waals surface area contributed by atoms with Gasteiger partial charge in [-0.15, -0.1) is 0 Å². The molecule has 5 heterocycles. The van der Waals surface area contributed by atoms with Gasteiger partial charge < -0.3 is 30.0 Å². The molecule has 0 atom stereocenters. The monoisotopic (exact) mass is 865 g/mol. The minimum Gasteiger partial charge on any atom is -0.453 e. The maximum Gasteiger partial charge on any atom is 0.317 e. The number of nitrogens with zero attached hydrogens (tertiary/aromatic N) is 4. The van der Waals surface area contributed by atoms with E-state index < -0.39 is 15.7 Å². The van der Waals surface area contributed by atoms with Gasteiger partial charge in [0.05, 0.1) is 27.3 Å². The number of benzene rings is 3. The molecule has 0 saturated carbocycles. The molecule has 5 aromatic rings. The molecule has 61 heavy (non-hydrogen) atoms. The van der Waals surface area contributed by atoms with E-state index in [4.69, 9.17) is 21.1 Å². The van der Waals surface area contributed by atoms with Crippen LogP contribution < -0.4 is 20.3 Å². The number of nitrogens with one attached hydrogen (secondary N) is 3. The Morgan fingerprint density at radius 3 is 2.56 bits per heavy atom. The molecule has 4 aliphatic rings. The van der Waals surface area contributed by atoms with E-state index in [1.807, 2.05) is 17.0 Å². The molecule has 16 heteroatoms. The van der Waals surface area contributed by atoms with Gasteiger partial charge in [-0.05, 0) is 103 Å². The summed E-state index contributed by atoms with van der Waals surface area (Å²) in [5, 5.41) is 20.9. The second-order valence-corrected chi connectivity index (χ2v) is 19.5. The maximum atomic E-state index is 14.4. The standard InChI is InChI=1S/C45H48ClN7O7S/c1-45(2)15-11-31(35(24-45)29-3-5-32(46)6-4-29)27-51-17-19-52(20-18-51)39-37(9-8-36(40(39)53(55)56)48-25-28-13-21-59-22-14-28)50-44(54)34-7-10-38-42(61(38,57)58)41(34)60-33-23-30-12-16-47-43(30)49-26-33/h3-10,12,16,23,26,28,48H,11,13-15,17-22,24-25,27H2,1-2H3,(H,47,49)(H,50,54). The lowest BCUT2D eigenvalue weighted by Crippen LogP contribution is -2.47. The first-order chi connectivity index (χ1) is 29.3. The fraction of sp³-hybridized carbons (Fsp3) is 0.378. The summed E-state index contributed by atoms with van der Waals surface area (Å²) >= 11 is 6.26. The lowest BCUT2D eigenvalue weighted by atomic mass is 9.72. The normalized spacial score (nSPS) is 18.8. The van der Waals surface area contributed by atoms with Gasteiger partial charge >= 0.3 is 5.69 Å². The van der Waals surface area contributed by atoms with Gasteiger partial charge in [-0.1, -0.05) is 43.2 Å². The van der Waals surface area contributed by atoms with Gasteiger partial charge in [0.15, 0.2) is 5.75 Å². The van der Waals surface area contributed by atoms with Crippen molar-refractivity contribution in [1.82, 2.24) is 14.9 Å². The summed E-state index contributed by atoms with van der Waals surface area (Å²) in [6.45, 7) is 9.49. The second kappa shape index (κ2) is 16.4. The van der Waals surface area contributed by atoms with Gasteiger partial charge in [0.2, 0.25) is 9.84 Å². The number of hydrogen-bond donors (Lipinski definition) is 3. The van der Waals surface area contributed by atoms with E-state index in [0.29, 0.717) is 73.9 Å². The van der Waals surface area contributed by atoms with Crippen molar-refractivity contribution in [3.05, 3.63) is 105 Å². The summed E-state index contributed by atoms with van der Waals surface area (Å²) in [7, 11) is -3.75. The average Bonchev–Trinajstić information content (AvgIpc) is 3.52. The zero-order valence-electron chi connectivity index (χ0n) is 34.1. The third-order valence-electron chi connectivity index (χ3n) is 12.4. The number of ether oxygens (including phenoxy) is 2. The van der Waals surface area contributed by atoms with E-state index in [2.05, 4.69) is 51.5 Å². The van der Waals surface area contributed by atoms with Crippen LogP contribution in [0, 0.1) is 21.4 Å². The first-order valence-corrected chi connectivity index (χ1v) is 22.6. The number of carbonyl (C=O) groups is 1. The fourth-order valence-corrected chi connectivity index (χ4v) is 10.5. The Bertz CT molecular complexity index is 2670. The van der Waals surface area contributed by atoms with E-state index in [1.165, 1.54) is 35.0 Å². The minimum atomic E-state index is -3.75. The van der Waals surface area contributed by atoms with E-state index in [0.717, 1.165) is 44.0 Å². The van der Waals surface area contributed by atoms with E-state index >= 15 is 0 Å². The van der Waals surface area contributed by atoms with Crippen LogP contribution in [0.5, 0.6) is 11.5 Å². The number of piperazine rings is 1. The zero-order valence-corrected chi connectivity index (χ0v) is 35.7. The van der Waals surface area contributed by atoms with E-state index in [1.54, 1.807) is 30.5 Å². The smallest absolute Gasteiger partial charge is 0.317 e. The van der Waals surface area contributed by atoms with Crippen LogP contribution in [0.3, 0.4) is 0 Å². The number of nitro groups is 1. The van der Waals surface area contributed by atoms with Crippen LogP contribution in [-0.4, -0.2) is 86.6 Å². The van der Waals surface area contributed by atoms with Crippen LogP contribution in [0.15, 0.2) is 88.4 Å². The molecule has 14 nitrogen and oxygen atoms in total. The average molecular weight is 866 g/mol. The van der Waals surface area contributed by atoms with Crippen molar-refractivity contribution in [2.45, 2.75) is 55.7 Å². The van der Waals surface area contributed by atoms with Crippen LogP contribution in [0.25, 0.3) is 16.6 Å². The van der Waals surface area contributed by atoms with Crippen molar-refractivity contribution in [2.75, 3.05) is 68.0 Å². The molecule has 318 valence electrons. The highest BCUT2D eigenvalue weighted by Crippen LogP contribution is 2.51. The number of hydrogen-bond acceptors (Lipinski definition) is 11. The number of sulfone groups is 1. The number of H-pyrrole nitrogens is 1. The Morgan fingerprint density at radius 1 is 1.05 bits per heavy atom. The molecule has 1 amide bonds. The molecule has 3 aliphatic heterocycles. The Labute approximate surface area is 359 Å². The molecule has 2 fully saturated rings. The van der Waals surface area contributed by atoms with Gasteiger partial charge in [-0.3, -0.25) is 19.8 Å². The number of allylic oxidation sites excluding steroid dienone is 1. The van der Waals surface area contributed by atoms with Gasteiger partial charge in [-0.2, -0.15) is 0 Å². The van der Waals surface area contributed by atoms with Crippen molar-refractivity contribution < 1.29 is 27.6 Å². The second-order valence-electron chi connectivity index (χ2n) is 17.2. The molecule has 3 N–H and O–H groups in total. The molecule has 0 bridgehead atoms. The highest BCUT2D eigenvalue weighted by molar-refractivity contribution is 7.97. The number of pyridine rings is 1. The largest absolute Gasteiger partial charge is 0.453 e. The Morgan fingerprint density at radius 2 is 1.80 bits per heavy atom. The molecule has 2 aromatic heterocycles. The Hall–Kier alpha value is -5.48. The number of carbonyl (C=O) groups excluding carboxylic acids is 1. The van der Waals surface area contributed by atoms with Gasteiger partial charge in [0, 0.05) is 69.1 Å². The van der Waals surface area contributed by atoms with Crippen LogP contribution in [0.4, 0.5) is 22.7 Å². The molecule has 2 saturated heterocycles. The van der Waals surface area contributed by atoms with Crippen LogP contribution in [-0.2, 0) is 14.6 Å². The molecule has 3 aromatic carbocycles. The number of halogens is 1. The lowest BCUT2D eigenvalue weighted by Gasteiger charge is -2.39. The van der Waals surface area contributed by atoms with Gasteiger partial charge in [0.1, 0.15) is 27.7 Å². The number of amides is 1. The fourth-order valence-electron chi connectivity index (χ4n) is 8.92. The number of fused-ring (bicyclic) bond motifs is 2. The van der Waals surface area contributed by atoms with Crippen LogP contribution in [0.1, 0.15) is 61.9 Å². The molecular formula is C45H48ClN7O7S. The summed E-state index contributed by atoms with van der Waals surface area (Å²) < 4.78 is 37.6. The SMILES string of the molecule is CC1(C)CCC(CN2CCN(c3c(NC(=O)c4ccc5c(c4Oc4cnc6[nH]ccc6c4)S5(=O)=O)ccc(NCC4CCOCC4)c3[N+](=O)[O-])CC2)=C(c2ccc(Cl)cc2)C1. The molecule has 1 aliphatic carbocycles. The topological polar surface area (TPSA) is 172 Å². The van der Waals surface area contributed by atoms with Crippen LogP contribution >= 0.6 is 11.6 Å². The van der Waals surface area contributed by atoms with Crippen molar-refractivity contribution in [3.8, 4) is 11.5 Å². The molecule has 9 rings (SSSR count). The van der Waals surface area contributed by atoms with Crippen LogP contribution in [0.2, 0.25) is 5.02 Å². The predicted molar refractivity (Wildman–Crippen MR) is 236 cm³/mol. The molecule has 0 unspecified atom stereocenters. The number of aromatic amines is 1. The number of nitro benzene ring substituents is 1. The Balaban J connectivity index is 1.02. The maximum absolute atomic E-state index is 14.4. The number of aromatic nitrogens is 2. The number of anilines is 3. The van der Waals surface area contributed by atoms with Gasteiger partial charge in [-0.25, -0.2) is 13.4 Å². The first kappa shape index (κ1) is 40.9. The summed E-state index contributed by atoms with van der Waals surface area (Å²) in [4.78, 5) is 38.9. The molecule has 0 radical (unpaired) electrons. The minimum absolute atomic E-state index is 0.0328. The summed E-state index contributed by atoms with van der Waals surface area (Å²) in [6, 6.07) is 17.7. The van der Waals surface area contributed by atoms with Gasteiger partial charge in [0.25, 0.3) is 5.91 Å². The molecular weight excluding hydrogens is 818 g/mol. The van der Waals surface area contributed by atoms with Crippen molar-refractivity contribution in [2.24, 2.45) is 11.3 Å². The first-order valence-electron chi connectivity index (χ1n) is 20.8. The quantitative estimate of drug-likeness (QED) is 0.0609. The summed E-state index contributed by atoms with van der Waals surface area (Å²) in [6.07, 6.45) is 7.93. The third kappa shape index (κ3) is 8.44. The van der Waals surface area contributed by atoms with E-state index in [9.17, 15) is 23.3 Å². The predicted octanol–water partition coefficient (Wildman–Crippen LogP) is 8.94. The Kier molecular flexibility index (Phi) is 11.0. The third-order valence-corrected chi connectivity index (χ3v) is 14.3. The van der Waals surface area contributed by atoms with E-state index in [-0.39, 0.29) is 48.6 Å². The van der Waals surface area contributed by atoms with Crippen molar-refractivity contribution >= 4 is 66.7 Å². The summed E-state index contributed by atoms with van der Waals surface area (Å²) in [5.41, 5.74) is 5.47. The van der Waals surface area contributed by atoms with Crippen molar-refractivity contribution in [1.29, 1.82) is 0 Å². The molecule has 0 spiro atoms. The highest BCUT2D eigenvalue weighted by atomic mass is 35.5. The lowest BCUT2D eigenvalue weighted by molar-refractivity contribution is -0.383. The van der Waals surface area contributed by atoms with Crippen molar-refractivity contribution in [3.63, 3.8) is 0 Å². The summed E-state index contributed by atoms with van der Waals surface area (Å²) in [5.74, 6) is -0.246. The highest BCUT2D eigenvalue weighted by Gasteiger charge is 2.46.